The number of ether oxygens (including phenoxy) is 6. The van der Waals surface area contributed by atoms with E-state index in [0.29, 0.717) is 43.1 Å². The molecule has 2 aliphatic heterocycles. The first-order valence-electron chi connectivity index (χ1n) is 21.4. The van der Waals surface area contributed by atoms with Crippen LogP contribution in [0.25, 0.3) is 0 Å². The predicted octanol–water partition coefficient (Wildman–Crippen LogP) is 7.33. The van der Waals surface area contributed by atoms with Gasteiger partial charge in [-0.3, -0.25) is 4.90 Å². The minimum atomic E-state index is -1.45. The third-order valence-corrected chi connectivity index (χ3v) is 12.3. The molecule has 6 rings (SSSR count). The molecule has 0 bridgehead atoms. The molecule has 1 unspecified atom stereocenters. The first-order chi connectivity index (χ1) is 28.8. The summed E-state index contributed by atoms with van der Waals surface area (Å²) in [5.41, 5.74) is 4.84. The van der Waals surface area contributed by atoms with Crippen LogP contribution in [-0.4, -0.2) is 110 Å². The smallest absolute Gasteiger partial charge is 0.410 e. The fraction of sp³-hybridized carbons (Fsp3) is 0.609. The van der Waals surface area contributed by atoms with Crippen LogP contribution >= 0.6 is 0 Å². The summed E-state index contributed by atoms with van der Waals surface area (Å²) in [5.74, 6) is -0.0666. The molecule has 2 fully saturated rings. The summed E-state index contributed by atoms with van der Waals surface area (Å²) in [6, 6.07) is 11.2. The molecule has 13 nitrogen and oxygen atoms in total. The Balaban J connectivity index is 1.57. The molecule has 59 heavy (non-hydrogen) atoms. The Hall–Kier alpha value is -3.98. The van der Waals surface area contributed by atoms with Crippen molar-refractivity contribution in [2.75, 3.05) is 59.9 Å². The minimum Gasteiger partial charge on any atom is -0.459 e. The molecule has 324 valence electrons. The summed E-state index contributed by atoms with van der Waals surface area (Å²) in [6.07, 6.45) is 10.3. The van der Waals surface area contributed by atoms with E-state index in [2.05, 4.69) is 38.6 Å². The van der Waals surface area contributed by atoms with Gasteiger partial charge in [0.15, 0.2) is 0 Å². The SMILES string of the molecule is C=CCO[C@@]12Oc3ccc(Oc4ccc(C)c(C)c4)cc3[C@H]3[C@H](CCCCO)[C@@H](CCCCO)C=C(C(=NOC4CCCCO4)C[C@@H]1N(CCOCCO)C(=O)OC)[C@H]32. The highest BCUT2D eigenvalue weighted by molar-refractivity contribution is 6.03. The molecule has 0 radical (unpaired) electrons. The molecule has 2 aromatic rings. The average Bonchev–Trinajstić information content (AvgIpc) is 3.25. The van der Waals surface area contributed by atoms with Crippen molar-refractivity contribution in [3.63, 3.8) is 0 Å². The number of amides is 1. The Morgan fingerprint density at radius 1 is 0.983 bits per heavy atom. The van der Waals surface area contributed by atoms with Crippen LogP contribution in [0.4, 0.5) is 4.79 Å². The maximum atomic E-state index is 14.0. The van der Waals surface area contributed by atoms with Crippen LogP contribution in [0, 0.1) is 31.6 Å². The summed E-state index contributed by atoms with van der Waals surface area (Å²) in [4.78, 5) is 21.8. The Morgan fingerprint density at radius 3 is 2.47 bits per heavy atom. The van der Waals surface area contributed by atoms with Gasteiger partial charge in [0.25, 0.3) is 0 Å². The van der Waals surface area contributed by atoms with Crippen molar-refractivity contribution in [1.82, 2.24) is 4.90 Å². The molecular weight excluding hydrogens is 757 g/mol. The monoisotopic (exact) mass is 820 g/mol. The van der Waals surface area contributed by atoms with Gasteiger partial charge in [-0.1, -0.05) is 36.2 Å². The fourth-order valence-electron chi connectivity index (χ4n) is 9.36. The molecule has 2 heterocycles. The van der Waals surface area contributed by atoms with Gasteiger partial charge in [0, 0.05) is 44.1 Å². The lowest BCUT2D eigenvalue weighted by Gasteiger charge is -2.59. The number of nitrogens with zero attached hydrogens (tertiary/aromatic N) is 2. The minimum absolute atomic E-state index is 0.0438. The van der Waals surface area contributed by atoms with Gasteiger partial charge < -0.3 is 48.6 Å². The number of rotatable bonds is 21. The van der Waals surface area contributed by atoms with Crippen LogP contribution in [0.15, 0.2) is 65.9 Å². The fourth-order valence-corrected chi connectivity index (χ4v) is 9.36. The van der Waals surface area contributed by atoms with Crippen molar-refractivity contribution < 1.29 is 53.4 Å². The summed E-state index contributed by atoms with van der Waals surface area (Å²) in [6.45, 7) is 9.25. The summed E-state index contributed by atoms with van der Waals surface area (Å²) >= 11 is 0. The number of allylic oxidation sites excluding steroid dienone is 1. The van der Waals surface area contributed by atoms with Crippen LogP contribution in [0.2, 0.25) is 0 Å². The van der Waals surface area contributed by atoms with Gasteiger partial charge in [0.1, 0.15) is 23.3 Å². The van der Waals surface area contributed by atoms with Crippen molar-refractivity contribution in [3.05, 3.63) is 77.4 Å². The summed E-state index contributed by atoms with van der Waals surface area (Å²) in [5, 5.41) is 34.2. The van der Waals surface area contributed by atoms with E-state index >= 15 is 0 Å². The molecular formula is C46H64N2O11. The number of fused-ring (bicyclic) bond motifs is 2. The van der Waals surface area contributed by atoms with Gasteiger partial charge in [0.05, 0.1) is 51.8 Å². The third-order valence-electron chi connectivity index (χ3n) is 12.3. The van der Waals surface area contributed by atoms with Crippen LogP contribution in [0.1, 0.15) is 86.8 Å². The molecule has 4 aliphatic rings. The van der Waals surface area contributed by atoms with Gasteiger partial charge in [-0.25, -0.2) is 4.79 Å². The molecule has 2 aromatic carbocycles. The molecule has 0 aromatic heterocycles. The zero-order valence-electron chi connectivity index (χ0n) is 35.0. The topological polar surface area (TPSA) is 158 Å². The highest BCUT2D eigenvalue weighted by Crippen LogP contribution is 2.62. The predicted molar refractivity (Wildman–Crippen MR) is 223 cm³/mol. The number of carbonyl (C=O) groups is 1. The second-order valence-corrected chi connectivity index (χ2v) is 16.0. The standard InChI is InChI=1S/C46H64N2O11/c1-5-23-56-46-41(48(45(52)53-4)19-25-54-26-22-51)30-39(47-59-42-14-8-11-24-55-42)37-28-33(12-6-9-20-49)36(13-7-10-21-50)43(44(37)46)38-29-35(17-18-40(38)58-46)57-34-16-15-31(2)32(3)27-34/h5,15-18,27-29,33,36,41-44,49-51H,1,6-14,19-26,30H2,2-4H3/t33-,36+,41-,42?,43+,44+,46+/m0/s1. The molecule has 7 atom stereocenters. The van der Waals surface area contributed by atoms with E-state index in [1.807, 2.05) is 24.3 Å². The number of benzene rings is 2. The van der Waals surface area contributed by atoms with Crippen molar-refractivity contribution in [2.24, 2.45) is 22.9 Å². The average molecular weight is 821 g/mol. The van der Waals surface area contributed by atoms with Crippen molar-refractivity contribution in [3.8, 4) is 17.2 Å². The van der Waals surface area contributed by atoms with E-state index in [1.54, 1.807) is 11.0 Å². The van der Waals surface area contributed by atoms with E-state index in [4.69, 9.17) is 38.4 Å². The number of methoxy groups -OCH3 is 1. The molecule has 1 saturated heterocycles. The van der Waals surface area contributed by atoms with E-state index in [1.165, 1.54) is 12.7 Å². The highest BCUT2D eigenvalue weighted by atomic mass is 16.8. The maximum Gasteiger partial charge on any atom is 0.410 e. The zero-order valence-corrected chi connectivity index (χ0v) is 35.0. The Labute approximate surface area is 348 Å². The van der Waals surface area contributed by atoms with Crippen LogP contribution in [0.3, 0.4) is 0 Å². The quantitative estimate of drug-likeness (QED) is 0.0658. The second kappa shape index (κ2) is 21.5. The molecule has 2 aliphatic carbocycles. The van der Waals surface area contributed by atoms with E-state index in [-0.39, 0.29) is 70.4 Å². The number of aliphatic hydroxyl groups is 3. The van der Waals surface area contributed by atoms with Gasteiger partial charge in [-0.15, -0.1) is 6.58 Å². The molecule has 1 saturated carbocycles. The Morgan fingerprint density at radius 2 is 1.76 bits per heavy atom. The van der Waals surface area contributed by atoms with Crippen molar-refractivity contribution in [1.29, 1.82) is 0 Å². The summed E-state index contributed by atoms with van der Waals surface area (Å²) < 4.78 is 37.9. The number of unbranched alkanes of at least 4 members (excludes halogenated alkanes) is 2. The first-order valence-corrected chi connectivity index (χ1v) is 21.4. The Kier molecular flexibility index (Phi) is 16.3. The molecule has 0 spiro atoms. The van der Waals surface area contributed by atoms with E-state index in [9.17, 15) is 20.1 Å². The van der Waals surface area contributed by atoms with Crippen molar-refractivity contribution in [2.45, 2.75) is 102 Å². The van der Waals surface area contributed by atoms with Gasteiger partial charge in [0.2, 0.25) is 12.1 Å². The van der Waals surface area contributed by atoms with Gasteiger partial charge in [-0.05, 0) is 111 Å². The second-order valence-electron chi connectivity index (χ2n) is 16.0. The Bertz CT molecular complexity index is 1760. The number of hydrogen-bond acceptors (Lipinski definition) is 12. The number of hydrogen-bond donors (Lipinski definition) is 3. The number of aryl methyl sites for hydroxylation is 2. The molecule has 3 N–H and O–H groups in total. The van der Waals surface area contributed by atoms with E-state index < -0.39 is 30.1 Å². The number of oxime groups is 1. The normalized spacial score (nSPS) is 26.5. The molecule has 1 amide bonds. The van der Waals surface area contributed by atoms with Crippen LogP contribution in [0.5, 0.6) is 17.2 Å². The number of carbonyl (C=O) groups excluding carboxylic acids is 1. The lowest BCUT2D eigenvalue weighted by molar-refractivity contribution is -0.256. The molecule has 13 heteroatoms. The number of aliphatic hydroxyl groups excluding tert-OH is 3. The zero-order chi connectivity index (χ0) is 41.8. The maximum absolute atomic E-state index is 14.0. The lowest BCUT2D eigenvalue weighted by Crippen LogP contribution is -2.70. The van der Waals surface area contributed by atoms with Crippen LogP contribution < -0.4 is 9.47 Å². The largest absolute Gasteiger partial charge is 0.459 e. The van der Waals surface area contributed by atoms with Crippen LogP contribution in [-0.2, 0) is 23.8 Å². The summed E-state index contributed by atoms with van der Waals surface area (Å²) in [7, 11) is 1.35. The van der Waals surface area contributed by atoms with Gasteiger partial charge in [-0.2, -0.15) is 0 Å². The third kappa shape index (κ3) is 10.3. The lowest BCUT2D eigenvalue weighted by atomic mass is 9.55. The van der Waals surface area contributed by atoms with Crippen molar-refractivity contribution >= 4 is 11.8 Å². The highest BCUT2D eigenvalue weighted by Gasteiger charge is 2.65. The van der Waals surface area contributed by atoms with Gasteiger partial charge >= 0.3 is 6.09 Å². The first kappa shape index (κ1) is 44.6. The van der Waals surface area contributed by atoms with E-state index in [0.717, 1.165) is 61.0 Å².